The highest BCUT2D eigenvalue weighted by Gasteiger charge is 2.44. The standard InChI is InChI=1S/C13H18FN/c1-15-9-3-5-11-4-2-6-12(10-11)13(14)7-8-13/h2,4,6,10,15H,3,5,7-9H2,1H3. The Morgan fingerprint density at radius 1 is 1.40 bits per heavy atom. The van der Waals surface area contributed by atoms with Gasteiger partial charge >= 0.3 is 0 Å². The van der Waals surface area contributed by atoms with Crippen molar-refractivity contribution in [1.82, 2.24) is 5.32 Å². The molecule has 15 heavy (non-hydrogen) atoms. The van der Waals surface area contributed by atoms with Crippen LogP contribution in [-0.4, -0.2) is 13.6 Å². The summed E-state index contributed by atoms with van der Waals surface area (Å²) in [5.74, 6) is 0. The van der Waals surface area contributed by atoms with E-state index in [2.05, 4.69) is 11.4 Å². The van der Waals surface area contributed by atoms with E-state index in [4.69, 9.17) is 0 Å². The van der Waals surface area contributed by atoms with Crippen molar-refractivity contribution < 1.29 is 4.39 Å². The maximum absolute atomic E-state index is 13.8. The summed E-state index contributed by atoms with van der Waals surface area (Å²) in [5.41, 5.74) is 1.15. The molecule has 82 valence electrons. The van der Waals surface area contributed by atoms with Crippen LogP contribution in [0.1, 0.15) is 30.4 Å². The van der Waals surface area contributed by atoms with Gasteiger partial charge in [-0.25, -0.2) is 4.39 Å². The Labute approximate surface area is 90.7 Å². The molecule has 2 heteroatoms. The average Bonchev–Trinajstić information content (AvgIpc) is 2.99. The third-order valence-corrected chi connectivity index (χ3v) is 3.03. The number of rotatable bonds is 5. The molecule has 2 rings (SSSR count). The molecule has 1 aliphatic rings. The van der Waals surface area contributed by atoms with Gasteiger partial charge in [0.25, 0.3) is 0 Å². The Bertz CT molecular complexity index is 331. The molecule has 1 aliphatic carbocycles. The van der Waals surface area contributed by atoms with E-state index < -0.39 is 5.67 Å². The second kappa shape index (κ2) is 4.31. The smallest absolute Gasteiger partial charge is 0.136 e. The second-order valence-electron chi connectivity index (χ2n) is 4.37. The monoisotopic (exact) mass is 207 g/mol. The van der Waals surface area contributed by atoms with E-state index in [1.807, 2.05) is 25.2 Å². The molecule has 0 spiro atoms. The Balaban J connectivity index is 2.00. The molecule has 1 saturated carbocycles. The molecule has 0 saturated heterocycles. The van der Waals surface area contributed by atoms with Gasteiger partial charge in [-0.05, 0) is 50.4 Å². The Morgan fingerprint density at radius 2 is 2.20 bits per heavy atom. The fourth-order valence-corrected chi connectivity index (χ4v) is 1.87. The van der Waals surface area contributed by atoms with Gasteiger partial charge in [0.1, 0.15) is 5.67 Å². The topological polar surface area (TPSA) is 12.0 Å². The van der Waals surface area contributed by atoms with Crippen LogP contribution < -0.4 is 5.32 Å². The minimum atomic E-state index is -0.987. The van der Waals surface area contributed by atoms with Crippen molar-refractivity contribution in [3.05, 3.63) is 35.4 Å². The molecule has 1 aromatic rings. The number of aryl methyl sites for hydroxylation is 1. The van der Waals surface area contributed by atoms with Crippen LogP contribution in [0, 0.1) is 0 Å². The highest BCUT2D eigenvalue weighted by atomic mass is 19.1. The first-order valence-electron chi connectivity index (χ1n) is 5.67. The molecule has 0 atom stereocenters. The summed E-state index contributed by atoms with van der Waals surface area (Å²) in [4.78, 5) is 0. The van der Waals surface area contributed by atoms with Gasteiger partial charge in [0, 0.05) is 0 Å². The van der Waals surface area contributed by atoms with Crippen LogP contribution in [-0.2, 0) is 12.1 Å². The van der Waals surface area contributed by atoms with Crippen molar-refractivity contribution in [3.8, 4) is 0 Å². The lowest BCUT2D eigenvalue weighted by atomic mass is 10.0. The van der Waals surface area contributed by atoms with E-state index in [1.165, 1.54) is 5.56 Å². The summed E-state index contributed by atoms with van der Waals surface area (Å²) < 4.78 is 13.8. The van der Waals surface area contributed by atoms with Crippen LogP contribution >= 0.6 is 0 Å². The maximum atomic E-state index is 13.8. The van der Waals surface area contributed by atoms with Crippen LogP contribution in [0.5, 0.6) is 0 Å². The molecule has 1 aromatic carbocycles. The third kappa shape index (κ3) is 2.57. The lowest BCUT2D eigenvalue weighted by Gasteiger charge is -2.08. The highest BCUT2D eigenvalue weighted by molar-refractivity contribution is 5.31. The number of nitrogens with one attached hydrogen (secondary N) is 1. The maximum Gasteiger partial charge on any atom is 0.136 e. The first kappa shape index (κ1) is 10.6. The first-order chi connectivity index (χ1) is 7.24. The van der Waals surface area contributed by atoms with Gasteiger partial charge in [0.2, 0.25) is 0 Å². The first-order valence-corrected chi connectivity index (χ1v) is 5.67. The molecule has 0 bridgehead atoms. The predicted octanol–water partition coefficient (Wildman–Crippen LogP) is 2.80. The van der Waals surface area contributed by atoms with Crippen molar-refractivity contribution >= 4 is 0 Å². The largest absolute Gasteiger partial charge is 0.320 e. The summed E-state index contributed by atoms with van der Waals surface area (Å²) in [7, 11) is 1.96. The second-order valence-corrected chi connectivity index (χ2v) is 4.37. The number of hydrogen-bond donors (Lipinski definition) is 1. The van der Waals surface area contributed by atoms with Gasteiger partial charge in [-0.15, -0.1) is 0 Å². The quantitative estimate of drug-likeness (QED) is 0.732. The van der Waals surface area contributed by atoms with Crippen molar-refractivity contribution in [2.24, 2.45) is 0 Å². The molecule has 1 fully saturated rings. The SMILES string of the molecule is CNCCCc1cccc(C2(F)CC2)c1. The predicted molar refractivity (Wildman–Crippen MR) is 60.7 cm³/mol. The van der Waals surface area contributed by atoms with E-state index in [9.17, 15) is 4.39 Å². The molecule has 1 nitrogen and oxygen atoms in total. The fourth-order valence-electron chi connectivity index (χ4n) is 1.87. The van der Waals surface area contributed by atoms with Crippen molar-refractivity contribution in [1.29, 1.82) is 0 Å². The summed E-state index contributed by atoms with van der Waals surface area (Å²) in [6, 6.07) is 8.01. The van der Waals surface area contributed by atoms with Gasteiger partial charge < -0.3 is 5.32 Å². The molecule has 0 radical (unpaired) electrons. The molecule has 0 unspecified atom stereocenters. The minimum Gasteiger partial charge on any atom is -0.320 e. The van der Waals surface area contributed by atoms with E-state index in [0.29, 0.717) is 12.8 Å². The zero-order chi connectivity index (χ0) is 10.7. The zero-order valence-electron chi connectivity index (χ0n) is 9.22. The summed E-state index contributed by atoms with van der Waals surface area (Å²) >= 11 is 0. The van der Waals surface area contributed by atoms with Crippen molar-refractivity contribution in [2.75, 3.05) is 13.6 Å². The number of alkyl halides is 1. The van der Waals surface area contributed by atoms with Crippen molar-refractivity contribution in [3.63, 3.8) is 0 Å². The van der Waals surface area contributed by atoms with Crippen LogP contribution in [0.4, 0.5) is 4.39 Å². The van der Waals surface area contributed by atoms with E-state index >= 15 is 0 Å². The zero-order valence-corrected chi connectivity index (χ0v) is 9.22. The summed E-state index contributed by atoms with van der Waals surface area (Å²) in [5, 5.41) is 3.12. The highest BCUT2D eigenvalue weighted by Crippen LogP contribution is 2.49. The van der Waals surface area contributed by atoms with E-state index in [-0.39, 0.29) is 0 Å². The molecular weight excluding hydrogens is 189 g/mol. The van der Waals surface area contributed by atoms with Gasteiger partial charge in [0.15, 0.2) is 0 Å². The Hall–Kier alpha value is -0.890. The van der Waals surface area contributed by atoms with E-state index in [0.717, 1.165) is 24.9 Å². The molecule has 0 aliphatic heterocycles. The van der Waals surface area contributed by atoms with Crippen LogP contribution in [0.3, 0.4) is 0 Å². The molecule has 1 N–H and O–H groups in total. The van der Waals surface area contributed by atoms with Crippen LogP contribution in [0.2, 0.25) is 0 Å². The minimum absolute atomic E-state index is 0.701. The lowest BCUT2D eigenvalue weighted by Crippen LogP contribution is -2.08. The third-order valence-electron chi connectivity index (χ3n) is 3.03. The van der Waals surface area contributed by atoms with Gasteiger partial charge in [-0.2, -0.15) is 0 Å². The number of halogens is 1. The van der Waals surface area contributed by atoms with E-state index in [1.54, 1.807) is 0 Å². The Morgan fingerprint density at radius 3 is 2.87 bits per heavy atom. The molecular formula is C13H18FN. The normalized spacial score (nSPS) is 17.7. The van der Waals surface area contributed by atoms with Gasteiger partial charge in [0.05, 0.1) is 0 Å². The van der Waals surface area contributed by atoms with Crippen LogP contribution in [0.15, 0.2) is 24.3 Å². The van der Waals surface area contributed by atoms with Crippen molar-refractivity contribution in [2.45, 2.75) is 31.4 Å². The summed E-state index contributed by atoms with van der Waals surface area (Å²) in [6.07, 6.45) is 3.55. The Kier molecular flexibility index (Phi) is 3.06. The fraction of sp³-hybridized carbons (Fsp3) is 0.538. The number of hydrogen-bond acceptors (Lipinski definition) is 1. The average molecular weight is 207 g/mol. The van der Waals surface area contributed by atoms with Gasteiger partial charge in [-0.3, -0.25) is 0 Å². The molecule has 0 amide bonds. The van der Waals surface area contributed by atoms with Crippen LogP contribution in [0.25, 0.3) is 0 Å². The molecule has 0 heterocycles. The van der Waals surface area contributed by atoms with Gasteiger partial charge in [-0.1, -0.05) is 24.3 Å². The molecule has 0 aromatic heterocycles. The number of benzene rings is 1. The summed E-state index contributed by atoms with van der Waals surface area (Å²) in [6.45, 7) is 1.02. The lowest BCUT2D eigenvalue weighted by molar-refractivity contribution is 0.317.